The Morgan fingerprint density at radius 2 is 0.853 bits per heavy atom. The van der Waals surface area contributed by atoms with Crippen molar-refractivity contribution in [2.75, 3.05) is 0 Å². The van der Waals surface area contributed by atoms with Crippen LogP contribution in [-0.2, 0) is 6.18 Å². The minimum atomic E-state index is -4.75. The summed E-state index contributed by atoms with van der Waals surface area (Å²) < 4.78 is 49.3. The van der Waals surface area contributed by atoms with Gasteiger partial charge in [-0.3, -0.25) is 0 Å². The van der Waals surface area contributed by atoms with Crippen LogP contribution < -0.4 is 0 Å². The lowest BCUT2D eigenvalue weighted by Crippen LogP contribution is -2.08. The predicted octanol–water partition coefficient (Wildman–Crippen LogP) is 14.6. The summed E-state index contributed by atoms with van der Waals surface area (Å²) in [5.41, 5.74) is 6.48. The summed E-state index contributed by atoms with van der Waals surface area (Å²) in [4.78, 5) is 22.2. The average molecular weight is 884 g/mol. The van der Waals surface area contributed by atoms with E-state index in [0.717, 1.165) is 23.3 Å². The first-order valence-corrected chi connectivity index (χ1v) is 21.1. The molecule has 0 saturated carbocycles. The van der Waals surface area contributed by atoms with E-state index < -0.39 is 11.7 Å². The molecule has 0 spiro atoms. The third-order valence-electron chi connectivity index (χ3n) is 12.1. The lowest BCUT2D eigenvalue weighted by Gasteiger charge is -2.21. The molecule has 3 aromatic heterocycles. The zero-order chi connectivity index (χ0) is 46.7. The highest BCUT2D eigenvalue weighted by atomic mass is 19.4. The van der Waals surface area contributed by atoms with E-state index >= 15 is 13.2 Å². The van der Waals surface area contributed by atoms with Crippen LogP contribution in [0, 0.1) is 35.8 Å². The van der Waals surface area contributed by atoms with Gasteiger partial charge in [-0.15, -0.1) is 0 Å². The SMILES string of the molecule is [C-]#[N+]c1ccc2c(c1)c1cc(C#N)ccc1n2-c1ccc(-c2nc(-c3ccccc3)nc(-c3ccccc3)n2)cc1-c1cc(C(F)(F)F)ccc1-n1c2ccc(C#N)cc2c2cc([N+]#[C-])ccc21. The maximum absolute atomic E-state index is 15.2. The van der Waals surface area contributed by atoms with Crippen molar-refractivity contribution in [3.63, 3.8) is 0 Å². The minimum absolute atomic E-state index is 0.191. The van der Waals surface area contributed by atoms with E-state index in [1.165, 1.54) is 6.07 Å². The van der Waals surface area contributed by atoms with E-state index in [9.17, 15) is 10.5 Å². The summed E-state index contributed by atoms with van der Waals surface area (Å²) in [7, 11) is 0. The van der Waals surface area contributed by atoms with Gasteiger partial charge in [0.25, 0.3) is 0 Å². The zero-order valence-corrected chi connectivity index (χ0v) is 35.3. The summed E-state index contributed by atoms with van der Waals surface area (Å²) in [6.45, 7) is 15.6. The second kappa shape index (κ2) is 16.0. The first-order chi connectivity index (χ1) is 33.1. The molecule has 12 heteroatoms. The van der Waals surface area contributed by atoms with Crippen molar-refractivity contribution in [2.45, 2.75) is 6.18 Å². The summed E-state index contributed by atoms with van der Waals surface area (Å²) in [5.74, 6) is 1.06. The van der Waals surface area contributed by atoms with Gasteiger partial charge in [-0.1, -0.05) is 72.8 Å². The van der Waals surface area contributed by atoms with E-state index in [-0.39, 0.29) is 11.4 Å². The Bertz CT molecular complexity index is 3870. The van der Waals surface area contributed by atoms with Crippen LogP contribution in [0.15, 0.2) is 170 Å². The van der Waals surface area contributed by atoms with Gasteiger partial charge in [0.05, 0.1) is 75.4 Å². The van der Waals surface area contributed by atoms with Crippen molar-refractivity contribution >= 4 is 55.0 Å². The van der Waals surface area contributed by atoms with Crippen LogP contribution in [0.1, 0.15) is 16.7 Å². The Morgan fingerprint density at radius 1 is 0.441 bits per heavy atom. The monoisotopic (exact) mass is 883 g/mol. The largest absolute Gasteiger partial charge is 0.416 e. The molecule has 11 aromatic rings. The van der Waals surface area contributed by atoms with Crippen LogP contribution in [0.25, 0.3) is 110 Å². The Kier molecular flexibility index (Phi) is 9.60. The van der Waals surface area contributed by atoms with Crippen molar-refractivity contribution in [3.8, 4) is 68.8 Å². The standard InChI is InChI=1S/C56H28F3N9/c1-62-39-17-23-51-45(29-39)41-25-33(31-60)13-19-47(41)67(51)49-21-15-37(55-65-53(35-9-5-3-6-10-35)64-54(66-55)36-11-7-4-8-12-36)27-43(49)44-28-38(56(57,58)59)16-22-50(44)68-48-20-14-34(32-61)26-42(48)46-30-40(63-2)18-24-52(46)68/h3-30H. The molecule has 0 bridgehead atoms. The van der Waals surface area contributed by atoms with Crippen LogP contribution in [0.3, 0.4) is 0 Å². The second-order valence-corrected chi connectivity index (χ2v) is 16.0. The molecule has 11 rings (SSSR count). The maximum Gasteiger partial charge on any atom is 0.416 e. The van der Waals surface area contributed by atoms with E-state index in [1.807, 2.05) is 81.9 Å². The number of nitrogens with zero attached hydrogens (tertiary/aromatic N) is 9. The molecule has 0 amide bonds. The predicted molar refractivity (Wildman–Crippen MR) is 257 cm³/mol. The first-order valence-electron chi connectivity index (χ1n) is 21.1. The molecule has 0 unspecified atom stereocenters. The van der Waals surface area contributed by atoms with Crippen LogP contribution in [-0.4, -0.2) is 24.1 Å². The maximum atomic E-state index is 15.2. The van der Waals surface area contributed by atoms with Gasteiger partial charge in [0, 0.05) is 38.6 Å². The van der Waals surface area contributed by atoms with Crippen LogP contribution in [0.2, 0.25) is 0 Å². The number of benzene rings is 8. The second-order valence-electron chi connectivity index (χ2n) is 16.0. The number of rotatable bonds is 6. The Labute approximate surface area is 385 Å². The molecule has 0 fully saturated rings. The quantitative estimate of drug-likeness (QED) is 0.155. The van der Waals surface area contributed by atoms with E-state index in [2.05, 4.69) is 21.8 Å². The van der Waals surface area contributed by atoms with Crippen molar-refractivity contribution in [1.82, 2.24) is 24.1 Å². The average Bonchev–Trinajstić information content (AvgIpc) is 3.89. The number of fused-ring (bicyclic) bond motifs is 6. The molecule has 8 aromatic carbocycles. The molecule has 0 atom stereocenters. The van der Waals surface area contributed by atoms with Crippen LogP contribution >= 0.6 is 0 Å². The number of hydrogen-bond donors (Lipinski definition) is 0. The molecule has 0 radical (unpaired) electrons. The molecule has 0 aliphatic heterocycles. The lowest BCUT2D eigenvalue weighted by molar-refractivity contribution is -0.137. The smallest absolute Gasteiger partial charge is 0.309 e. The van der Waals surface area contributed by atoms with Gasteiger partial charge in [0.1, 0.15) is 0 Å². The molecular weight excluding hydrogens is 856 g/mol. The molecule has 68 heavy (non-hydrogen) atoms. The molecule has 0 N–H and O–H groups in total. The molecule has 0 aliphatic carbocycles. The summed E-state index contributed by atoms with van der Waals surface area (Å²) in [5, 5.41) is 22.6. The van der Waals surface area contributed by atoms with Crippen LogP contribution in [0.5, 0.6) is 0 Å². The summed E-state index contributed by atoms with van der Waals surface area (Å²) >= 11 is 0. The normalized spacial score (nSPS) is 11.4. The first kappa shape index (κ1) is 40.9. The number of hydrogen-bond acceptors (Lipinski definition) is 5. The highest BCUT2D eigenvalue weighted by Crippen LogP contribution is 2.45. The Morgan fingerprint density at radius 3 is 1.29 bits per heavy atom. The Balaban J connectivity index is 1.28. The van der Waals surface area contributed by atoms with Gasteiger partial charge < -0.3 is 9.13 Å². The molecule has 318 valence electrons. The number of aromatic nitrogens is 5. The number of alkyl halides is 3. The molecule has 0 aliphatic rings. The third-order valence-corrected chi connectivity index (χ3v) is 12.1. The van der Waals surface area contributed by atoms with Crippen molar-refractivity contribution in [1.29, 1.82) is 10.5 Å². The number of nitriles is 2. The molecule has 0 saturated heterocycles. The van der Waals surface area contributed by atoms with E-state index in [0.29, 0.717) is 100 Å². The van der Waals surface area contributed by atoms with Crippen molar-refractivity contribution in [2.24, 2.45) is 0 Å². The van der Waals surface area contributed by atoms with E-state index in [1.54, 1.807) is 78.9 Å². The van der Waals surface area contributed by atoms with Crippen molar-refractivity contribution in [3.05, 3.63) is 209 Å². The van der Waals surface area contributed by atoms with Gasteiger partial charge in [-0.25, -0.2) is 24.6 Å². The summed E-state index contributed by atoms with van der Waals surface area (Å²) in [6.07, 6.45) is -4.75. The molecule has 3 heterocycles. The highest BCUT2D eigenvalue weighted by molar-refractivity contribution is 6.13. The van der Waals surface area contributed by atoms with Gasteiger partial charge in [-0.05, 0) is 108 Å². The van der Waals surface area contributed by atoms with Gasteiger partial charge in [0.2, 0.25) is 0 Å². The third kappa shape index (κ3) is 6.82. The zero-order valence-electron chi connectivity index (χ0n) is 35.3. The van der Waals surface area contributed by atoms with Gasteiger partial charge >= 0.3 is 6.18 Å². The molecular formula is C56H28F3N9. The fourth-order valence-electron chi connectivity index (χ4n) is 8.97. The van der Waals surface area contributed by atoms with Crippen LogP contribution in [0.4, 0.5) is 24.5 Å². The van der Waals surface area contributed by atoms with Crippen molar-refractivity contribution < 1.29 is 13.2 Å². The topological polar surface area (TPSA) is 105 Å². The minimum Gasteiger partial charge on any atom is -0.309 e. The lowest BCUT2D eigenvalue weighted by atomic mass is 9.96. The van der Waals surface area contributed by atoms with E-state index in [4.69, 9.17) is 28.1 Å². The molecule has 9 nitrogen and oxygen atoms in total. The fraction of sp³-hybridized carbons (Fsp3) is 0.0179. The van der Waals surface area contributed by atoms with Gasteiger partial charge in [-0.2, -0.15) is 23.7 Å². The summed E-state index contributed by atoms with van der Waals surface area (Å²) in [6, 6.07) is 53.1. The van der Waals surface area contributed by atoms with Gasteiger partial charge in [0.15, 0.2) is 28.8 Å². The number of halogens is 3. The highest BCUT2D eigenvalue weighted by Gasteiger charge is 2.33. The Hall–Kier alpha value is -9.88. The fourth-order valence-corrected chi connectivity index (χ4v) is 8.97.